The Bertz CT molecular complexity index is 623. The molecule has 1 fully saturated rings. The Morgan fingerprint density at radius 3 is 2.41 bits per heavy atom. The van der Waals surface area contributed by atoms with Gasteiger partial charge in [0.15, 0.2) is 0 Å². The van der Waals surface area contributed by atoms with Crippen LogP contribution in [0.4, 0.5) is 0 Å². The minimum Gasteiger partial charge on any atom is -0.490 e. The molecule has 0 aromatic heterocycles. The van der Waals surface area contributed by atoms with E-state index in [1.165, 1.54) is 0 Å². The van der Waals surface area contributed by atoms with Crippen molar-refractivity contribution in [1.82, 2.24) is 5.32 Å². The van der Waals surface area contributed by atoms with E-state index >= 15 is 0 Å². The second-order valence-corrected chi connectivity index (χ2v) is 5.25. The topological polar surface area (TPSA) is 47.6 Å². The number of nitrogens with one attached hydrogen (secondary N) is 1. The normalized spacial score (nSPS) is 13.5. The molecule has 1 aliphatic rings. The molecule has 0 radical (unpaired) electrons. The van der Waals surface area contributed by atoms with Crippen LogP contribution in [0.2, 0.25) is 0 Å². The molecule has 1 aliphatic carbocycles. The van der Waals surface area contributed by atoms with Crippen LogP contribution in [0, 0.1) is 0 Å². The predicted molar refractivity (Wildman–Crippen MR) is 84.4 cm³/mol. The van der Waals surface area contributed by atoms with Gasteiger partial charge in [-0.15, -0.1) is 0 Å². The van der Waals surface area contributed by atoms with Gasteiger partial charge in [-0.25, -0.2) is 0 Å². The van der Waals surface area contributed by atoms with Crippen molar-refractivity contribution in [3.8, 4) is 11.5 Å². The van der Waals surface area contributed by atoms with Crippen molar-refractivity contribution >= 4 is 5.91 Å². The molecule has 4 heteroatoms. The van der Waals surface area contributed by atoms with Crippen LogP contribution in [0.3, 0.4) is 0 Å². The van der Waals surface area contributed by atoms with Gasteiger partial charge in [-0.1, -0.05) is 30.3 Å². The average molecular weight is 297 g/mol. The molecule has 1 saturated carbocycles. The summed E-state index contributed by atoms with van der Waals surface area (Å²) in [6, 6.07) is 17.2. The molecular weight excluding hydrogens is 278 g/mol. The third-order valence-corrected chi connectivity index (χ3v) is 3.40. The standard InChI is InChI=1S/C18H19NO3/c20-18(19-14-10-11-14)16-8-4-5-9-17(16)22-13-12-21-15-6-2-1-3-7-15/h1-9,14H,10-13H2,(H,19,20). The minimum absolute atomic E-state index is 0.0675. The zero-order valence-electron chi connectivity index (χ0n) is 12.3. The first-order chi connectivity index (χ1) is 10.8. The summed E-state index contributed by atoms with van der Waals surface area (Å²) in [7, 11) is 0. The summed E-state index contributed by atoms with van der Waals surface area (Å²) < 4.78 is 11.3. The van der Waals surface area contributed by atoms with Gasteiger partial charge in [-0.05, 0) is 37.1 Å². The van der Waals surface area contributed by atoms with E-state index in [2.05, 4.69) is 5.32 Å². The molecule has 0 aliphatic heterocycles. The zero-order chi connectivity index (χ0) is 15.2. The number of hydrogen-bond acceptors (Lipinski definition) is 3. The first-order valence-electron chi connectivity index (χ1n) is 7.53. The van der Waals surface area contributed by atoms with E-state index in [-0.39, 0.29) is 5.91 Å². The van der Waals surface area contributed by atoms with Gasteiger partial charge in [0.25, 0.3) is 5.91 Å². The number of carbonyl (C=O) groups excluding carboxylic acids is 1. The van der Waals surface area contributed by atoms with E-state index in [0.29, 0.717) is 30.6 Å². The van der Waals surface area contributed by atoms with Crippen LogP contribution < -0.4 is 14.8 Å². The Hall–Kier alpha value is -2.49. The van der Waals surface area contributed by atoms with Crippen molar-refractivity contribution in [3.63, 3.8) is 0 Å². The summed E-state index contributed by atoms with van der Waals surface area (Å²) in [5.74, 6) is 1.34. The molecule has 0 spiro atoms. The van der Waals surface area contributed by atoms with Gasteiger partial charge in [0.05, 0.1) is 5.56 Å². The maximum Gasteiger partial charge on any atom is 0.255 e. The van der Waals surface area contributed by atoms with Crippen LogP contribution in [0.25, 0.3) is 0 Å². The van der Waals surface area contributed by atoms with E-state index in [1.807, 2.05) is 48.5 Å². The third-order valence-electron chi connectivity index (χ3n) is 3.40. The molecule has 0 unspecified atom stereocenters. The number of rotatable bonds is 7. The highest BCUT2D eigenvalue weighted by Crippen LogP contribution is 2.22. The molecule has 0 atom stereocenters. The lowest BCUT2D eigenvalue weighted by Gasteiger charge is -2.12. The van der Waals surface area contributed by atoms with E-state index in [9.17, 15) is 4.79 Å². The van der Waals surface area contributed by atoms with E-state index in [4.69, 9.17) is 9.47 Å². The summed E-state index contributed by atoms with van der Waals surface area (Å²) in [6.07, 6.45) is 2.14. The van der Waals surface area contributed by atoms with Crippen molar-refractivity contribution in [3.05, 3.63) is 60.2 Å². The highest BCUT2D eigenvalue weighted by atomic mass is 16.5. The van der Waals surface area contributed by atoms with E-state index in [1.54, 1.807) is 6.07 Å². The summed E-state index contributed by atoms with van der Waals surface area (Å²) in [5, 5.41) is 2.98. The number of benzene rings is 2. The van der Waals surface area contributed by atoms with Gasteiger partial charge < -0.3 is 14.8 Å². The molecule has 0 bridgehead atoms. The highest BCUT2D eigenvalue weighted by molar-refractivity contribution is 5.97. The lowest BCUT2D eigenvalue weighted by molar-refractivity contribution is 0.0946. The molecule has 2 aromatic carbocycles. The molecule has 1 N–H and O–H groups in total. The average Bonchev–Trinajstić information content (AvgIpc) is 3.37. The molecular formula is C18H19NO3. The molecule has 3 rings (SSSR count). The van der Waals surface area contributed by atoms with Gasteiger partial charge in [0.2, 0.25) is 0 Å². The minimum atomic E-state index is -0.0675. The van der Waals surface area contributed by atoms with Gasteiger partial charge in [0.1, 0.15) is 24.7 Å². The van der Waals surface area contributed by atoms with Crippen molar-refractivity contribution < 1.29 is 14.3 Å². The fourth-order valence-electron chi connectivity index (χ4n) is 2.10. The van der Waals surface area contributed by atoms with Crippen LogP contribution >= 0.6 is 0 Å². The molecule has 114 valence electrons. The van der Waals surface area contributed by atoms with Crippen molar-refractivity contribution in [2.24, 2.45) is 0 Å². The quantitative estimate of drug-likeness (QED) is 0.799. The number of amides is 1. The second-order valence-electron chi connectivity index (χ2n) is 5.25. The Morgan fingerprint density at radius 1 is 0.955 bits per heavy atom. The third kappa shape index (κ3) is 4.01. The Kier molecular flexibility index (Phi) is 4.59. The maximum absolute atomic E-state index is 12.1. The number of carbonyl (C=O) groups is 1. The Balaban J connectivity index is 1.52. The maximum atomic E-state index is 12.1. The molecule has 0 saturated heterocycles. The van der Waals surface area contributed by atoms with Crippen LogP contribution in [-0.2, 0) is 0 Å². The molecule has 4 nitrogen and oxygen atoms in total. The summed E-state index contributed by atoms with van der Waals surface area (Å²) in [6.45, 7) is 0.825. The van der Waals surface area contributed by atoms with E-state index in [0.717, 1.165) is 18.6 Å². The van der Waals surface area contributed by atoms with Crippen LogP contribution in [0.15, 0.2) is 54.6 Å². The fourth-order valence-corrected chi connectivity index (χ4v) is 2.10. The Morgan fingerprint density at radius 2 is 1.64 bits per heavy atom. The summed E-state index contributed by atoms with van der Waals surface area (Å²) >= 11 is 0. The van der Waals surface area contributed by atoms with Gasteiger partial charge >= 0.3 is 0 Å². The van der Waals surface area contributed by atoms with E-state index < -0.39 is 0 Å². The molecule has 1 amide bonds. The summed E-state index contributed by atoms with van der Waals surface area (Å²) in [4.78, 5) is 12.1. The second kappa shape index (κ2) is 6.98. The van der Waals surface area contributed by atoms with Gasteiger partial charge in [-0.2, -0.15) is 0 Å². The van der Waals surface area contributed by atoms with Gasteiger partial charge in [0, 0.05) is 6.04 Å². The van der Waals surface area contributed by atoms with Crippen molar-refractivity contribution in [2.75, 3.05) is 13.2 Å². The summed E-state index contributed by atoms with van der Waals surface area (Å²) in [5.41, 5.74) is 0.578. The number of ether oxygens (including phenoxy) is 2. The van der Waals surface area contributed by atoms with Crippen molar-refractivity contribution in [1.29, 1.82) is 0 Å². The zero-order valence-corrected chi connectivity index (χ0v) is 12.3. The number of hydrogen-bond donors (Lipinski definition) is 1. The fraction of sp³-hybridized carbons (Fsp3) is 0.278. The largest absolute Gasteiger partial charge is 0.490 e. The first kappa shape index (κ1) is 14.4. The monoisotopic (exact) mass is 297 g/mol. The van der Waals surface area contributed by atoms with Gasteiger partial charge in [-0.3, -0.25) is 4.79 Å². The predicted octanol–water partition coefficient (Wildman–Crippen LogP) is 3.04. The van der Waals surface area contributed by atoms with Crippen molar-refractivity contribution in [2.45, 2.75) is 18.9 Å². The number of para-hydroxylation sites is 2. The highest BCUT2D eigenvalue weighted by Gasteiger charge is 2.24. The van der Waals surface area contributed by atoms with Crippen LogP contribution in [0.5, 0.6) is 11.5 Å². The lowest BCUT2D eigenvalue weighted by Crippen LogP contribution is -2.26. The first-order valence-corrected chi connectivity index (χ1v) is 7.53. The molecule has 0 heterocycles. The van der Waals surface area contributed by atoms with Crippen LogP contribution in [-0.4, -0.2) is 25.2 Å². The smallest absolute Gasteiger partial charge is 0.255 e. The van der Waals surface area contributed by atoms with Crippen LogP contribution in [0.1, 0.15) is 23.2 Å². The molecule has 2 aromatic rings. The lowest BCUT2D eigenvalue weighted by atomic mass is 10.2. The molecule has 22 heavy (non-hydrogen) atoms. The SMILES string of the molecule is O=C(NC1CC1)c1ccccc1OCCOc1ccccc1. The Labute approximate surface area is 130 Å².